The van der Waals surface area contributed by atoms with Crippen LogP contribution in [0.1, 0.15) is 16.7 Å². The second kappa shape index (κ2) is 4.21. The van der Waals surface area contributed by atoms with Crippen LogP contribution < -0.4 is 10.5 Å². The number of nitrogens with zero attached hydrogens (tertiary/aromatic N) is 1. The first-order valence-corrected chi connectivity index (χ1v) is 5.34. The van der Waals surface area contributed by atoms with Gasteiger partial charge in [-0.1, -0.05) is 0 Å². The largest absolute Gasteiger partial charge is 0.492 e. The highest BCUT2D eigenvalue weighted by Gasteiger charge is 2.18. The molecular weight excluding hydrogens is 188 g/mol. The number of fused-ring (bicyclic) bond motifs is 1. The van der Waals surface area contributed by atoms with E-state index >= 15 is 0 Å². The molecule has 0 bridgehead atoms. The lowest BCUT2D eigenvalue weighted by Crippen LogP contribution is -2.10. The first-order chi connectivity index (χ1) is 7.20. The number of benzene rings is 1. The smallest absolute Gasteiger partial charge is 0.119 e. The van der Waals surface area contributed by atoms with E-state index in [4.69, 9.17) is 10.5 Å². The lowest BCUT2D eigenvalue weighted by Gasteiger charge is -2.09. The molecule has 0 saturated carbocycles. The van der Waals surface area contributed by atoms with Crippen molar-refractivity contribution in [2.75, 3.05) is 20.2 Å². The highest BCUT2D eigenvalue weighted by atomic mass is 16.5. The van der Waals surface area contributed by atoms with E-state index in [9.17, 15) is 0 Å². The van der Waals surface area contributed by atoms with Crippen LogP contribution in [0.5, 0.6) is 5.75 Å². The lowest BCUT2D eigenvalue weighted by molar-refractivity contribution is 0.327. The summed E-state index contributed by atoms with van der Waals surface area (Å²) in [6.45, 7) is 5.38. The number of aryl methyl sites for hydroxylation is 1. The molecule has 1 aromatic rings. The van der Waals surface area contributed by atoms with Crippen LogP contribution in [-0.2, 0) is 13.1 Å². The Bertz CT molecular complexity index is 363. The zero-order valence-corrected chi connectivity index (χ0v) is 9.42. The molecule has 0 amide bonds. The Hall–Kier alpha value is -1.06. The summed E-state index contributed by atoms with van der Waals surface area (Å²) in [6, 6.07) is 4.25. The number of rotatable bonds is 3. The SMILES string of the molecule is Cc1cc(OCCN)cc2c1CN(C)C2. The fourth-order valence-electron chi connectivity index (χ4n) is 2.10. The second-order valence-electron chi connectivity index (χ2n) is 4.19. The Morgan fingerprint density at radius 2 is 2.20 bits per heavy atom. The van der Waals surface area contributed by atoms with E-state index in [-0.39, 0.29) is 0 Å². The average Bonchev–Trinajstić information content (AvgIpc) is 2.56. The normalized spacial score (nSPS) is 15.4. The molecule has 3 heteroatoms. The Balaban J connectivity index is 2.23. The minimum Gasteiger partial charge on any atom is -0.492 e. The molecule has 0 aliphatic carbocycles. The number of hydrogen-bond acceptors (Lipinski definition) is 3. The van der Waals surface area contributed by atoms with E-state index in [1.165, 1.54) is 16.7 Å². The van der Waals surface area contributed by atoms with Gasteiger partial charge in [-0.15, -0.1) is 0 Å². The van der Waals surface area contributed by atoms with Crippen molar-refractivity contribution in [3.05, 3.63) is 28.8 Å². The van der Waals surface area contributed by atoms with Gasteiger partial charge in [0.15, 0.2) is 0 Å². The summed E-state index contributed by atoms with van der Waals surface area (Å²) in [7, 11) is 2.14. The van der Waals surface area contributed by atoms with Gasteiger partial charge in [0.1, 0.15) is 12.4 Å². The van der Waals surface area contributed by atoms with Crippen LogP contribution in [0.2, 0.25) is 0 Å². The van der Waals surface area contributed by atoms with Crippen LogP contribution in [-0.4, -0.2) is 25.1 Å². The number of nitrogens with two attached hydrogens (primary N) is 1. The molecule has 0 atom stereocenters. The van der Waals surface area contributed by atoms with E-state index in [1.807, 2.05) is 0 Å². The predicted octanol–water partition coefficient (Wildman–Crippen LogP) is 1.28. The monoisotopic (exact) mass is 206 g/mol. The van der Waals surface area contributed by atoms with Crippen LogP contribution in [0, 0.1) is 6.92 Å². The summed E-state index contributed by atoms with van der Waals surface area (Å²) in [5.74, 6) is 0.951. The van der Waals surface area contributed by atoms with Gasteiger partial charge in [0.05, 0.1) is 0 Å². The van der Waals surface area contributed by atoms with Gasteiger partial charge in [-0.2, -0.15) is 0 Å². The van der Waals surface area contributed by atoms with E-state index in [0.717, 1.165) is 18.8 Å². The Labute approximate surface area is 90.8 Å². The van der Waals surface area contributed by atoms with Crippen molar-refractivity contribution < 1.29 is 4.74 Å². The predicted molar refractivity (Wildman–Crippen MR) is 60.9 cm³/mol. The van der Waals surface area contributed by atoms with E-state index in [0.29, 0.717) is 13.2 Å². The fraction of sp³-hybridized carbons (Fsp3) is 0.500. The maximum atomic E-state index is 5.55. The molecule has 1 aliphatic heterocycles. The van der Waals surface area contributed by atoms with E-state index in [2.05, 4.69) is 31.0 Å². The Morgan fingerprint density at radius 3 is 2.93 bits per heavy atom. The molecule has 82 valence electrons. The second-order valence-corrected chi connectivity index (χ2v) is 4.19. The lowest BCUT2D eigenvalue weighted by atomic mass is 10.0. The minimum absolute atomic E-state index is 0.566. The summed E-state index contributed by atoms with van der Waals surface area (Å²) in [6.07, 6.45) is 0. The van der Waals surface area contributed by atoms with Crippen LogP contribution >= 0.6 is 0 Å². The molecule has 2 N–H and O–H groups in total. The standard InChI is InChI=1S/C12H18N2O/c1-9-5-11(15-4-3-13)6-10-7-14(2)8-12(9)10/h5-6H,3-4,7-8,13H2,1-2H3. The fourth-order valence-corrected chi connectivity index (χ4v) is 2.10. The van der Waals surface area contributed by atoms with Gasteiger partial charge in [0.25, 0.3) is 0 Å². The minimum atomic E-state index is 0.566. The van der Waals surface area contributed by atoms with Crippen molar-refractivity contribution in [1.82, 2.24) is 4.90 Å². The highest BCUT2D eigenvalue weighted by molar-refractivity contribution is 5.43. The summed E-state index contributed by atoms with van der Waals surface area (Å²) in [4.78, 5) is 2.31. The molecule has 2 rings (SSSR count). The highest BCUT2D eigenvalue weighted by Crippen LogP contribution is 2.29. The third kappa shape index (κ3) is 2.13. The molecule has 0 aromatic heterocycles. The third-order valence-corrected chi connectivity index (χ3v) is 2.79. The van der Waals surface area contributed by atoms with Gasteiger partial charge in [-0.3, -0.25) is 4.90 Å². The van der Waals surface area contributed by atoms with Crippen molar-refractivity contribution >= 4 is 0 Å². The van der Waals surface area contributed by atoms with E-state index in [1.54, 1.807) is 0 Å². The Morgan fingerprint density at radius 1 is 1.40 bits per heavy atom. The van der Waals surface area contributed by atoms with Crippen LogP contribution in [0.4, 0.5) is 0 Å². The maximum Gasteiger partial charge on any atom is 0.119 e. The third-order valence-electron chi connectivity index (χ3n) is 2.79. The maximum absolute atomic E-state index is 5.55. The molecule has 1 aliphatic rings. The number of ether oxygens (including phenoxy) is 1. The van der Waals surface area contributed by atoms with Crippen LogP contribution in [0.3, 0.4) is 0 Å². The molecule has 0 radical (unpaired) electrons. The molecule has 15 heavy (non-hydrogen) atoms. The van der Waals surface area contributed by atoms with Gasteiger partial charge >= 0.3 is 0 Å². The molecule has 0 saturated heterocycles. The van der Waals surface area contributed by atoms with Crippen molar-refractivity contribution in [3.8, 4) is 5.75 Å². The number of hydrogen-bond donors (Lipinski definition) is 1. The van der Waals surface area contributed by atoms with Gasteiger partial charge in [0.2, 0.25) is 0 Å². The molecule has 3 nitrogen and oxygen atoms in total. The zero-order chi connectivity index (χ0) is 10.8. The molecule has 0 spiro atoms. The van der Waals surface area contributed by atoms with Crippen LogP contribution in [0.25, 0.3) is 0 Å². The topological polar surface area (TPSA) is 38.5 Å². The molecule has 0 fully saturated rings. The zero-order valence-electron chi connectivity index (χ0n) is 9.42. The van der Waals surface area contributed by atoms with E-state index < -0.39 is 0 Å². The Kier molecular flexibility index (Phi) is 2.93. The van der Waals surface area contributed by atoms with Gasteiger partial charge in [-0.25, -0.2) is 0 Å². The molecule has 1 aromatic carbocycles. The van der Waals surface area contributed by atoms with Crippen molar-refractivity contribution in [1.29, 1.82) is 0 Å². The summed E-state index contributed by atoms with van der Waals surface area (Å²) in [5, 5.41) is 0. The molecule has 1 heterocycles. The average molecular weight is 206 g/mol. The summed E-state index contributed by atoms with van der Waals surface area (Å²) < 4.78 is 5.55. The molecule has 0 unspecified atom stereocenters. The van der Waals surface area contributed by atoms with Crippen molar-refractivity contribution in [2.24, 2.45) is 5.73 Å². The molecular formula is C12H18N2O. The first-order valence-electron chi connectivity index (χ1n) is 5.34. The van der Waals surface area contributed by atoms with Crippen molar-refractivity contribution in [2.45, 2.75) is 20.0 Å². The van der Waals surface area contributed by atoms with Crippen molar-refractivity contribution in [3.63, 3.8) is 0 Å². The van der Waals surface area contributed by atoms with Gasteiger partial charge in [-0.05, 0) is 42.8 Å². The quantitative estimate of drug-likeness (QED) is 0.809. The van der Waals surface area contributed by atoms with Gasteiger partial charge in [0, 0.05) is 19.6 Å². The van der Waals surface area contributed by atoms with Gasteiger partial charge < -0.3 is 10.5 Å². The summed E-state index contributed by atoms with van der Waals surface area (Å²) >= 11 is 0. The van der Waals surface area contributed by atoms with Crippen LogP contribution in [0.15, 0.2) is 12.1 Å². The summed E-state index contributed by atoms with van der Waals surface area (Å²) in [5.41, 5.74) is 9.59. The first kappa shape index (κ1) is 10.5.